The Kier molecular flexibility index (Phi) is 5.63. The Balaban J connectivity index is 1.25. The molecule has 0 saturated carbocycles. The van der Waals surface area contributed by atoms with Crippen LogP contribution < -0.4 is 4.74 Å². The molecule has 2 saturated heterocycles. The third-order valence-electron chi connectivity index (χ3n) is 7.61. The maximum Gasteiger partial charge on any atom is 0.254 e. The average molecular weight is 459 g/mol. The normalized spacial score (nSPS) is 22.8. The number of ether oxygens (including phenoxy) is 1. The molecule has 0 radical (unpaired) electrons. The van der Waals surface area contributed by atoms with Crippen molar-refractivity contribution >= 4 is 5.91 Å². The van der Waals surface area contributed by atoms with E-state index in [4.69, 9.17) is 9.15 Å². The molecule has 176 valence electrons. The van der Waals surface area contributed by atoms with Crippen LogP contribution in [0, 0.1) is 5.92 Å². The largest absolute Gasteiger partial charge is 0.472 e. The minimum absolute atomic E-state index is 0.0362. The highest BCUT2D eigenvalue weighted by Crippen LogP contribution is 2.50. The van der Waals surface area contributed by atoms with E-state index >= 15 is 0 Å². The molecular formula is C28H30N2O4. The number of nitrogens with zero attached hydrogens (tertiary/aromatic N) is 2. The summed E-state index contributed by atoms with van der Waals surface area (Å²) < 4.78 is 11.6. The van der Waals surface area contributed by atoms with Crippen LogP contribution in [0.3, 0.4) is 0 Å². The molecule has 2 fully saturated rings. The SMILES string of the molecule is O=C(c1ccc2c(c1)Oc1ccccc1C2C1CCN(Cc2ccoc2)CC1)N1CCC(O)C1. The van der Waals surface area contributed by atoms with Crippen molar-refractivity contribution in [1.29, 1.82) is 0 Å². The third-order valence-corrected chi connectivity index (χ3v) is 7.61. The van der Waals surface area contributed by atoms with Gasteiger partial charge in [0, 0.05) is 47.8 Å². The molecule has 6 nitrogen and oxygen atoms in total. The van der Waals surface area contributed by atoms with E-state index in [1.807, 2.05) is 36.6 Å². The van der Waals surface area contributed by atoms with Crippen molar-refractivity contribution < 1.29 is 19.1 Å². The molecule has 3 aliphatic rings. The lowest BCUT2D eigenvalue weighted by atomic mass is 9.74. The fourth-order valence-corrected chi connectivity index (χ4v) is 5.83. The van der Waals surface area contributed by atoms with Gasteiger partial charge in [-0.2, -0.15) is 0 Å². The number of aliphatic hydroxyl groups excluding tert-OH is 1. The molecule has 3 aromatic rings. The number of β-amino-alcohol motifs (C(OH)–C–C–N with tert-alkyl or cyclic N) is 1. The number of likely N-dealkylation sites (tertiary alicyclic amines) is 2. The van der Waals surface area contributed by atoms with E-state index in [1.165, 1.54) is 16.7 Å². The minimum Gasteiger partial charge on any atom is -0.472 e. The number of amides is 1. The van der Waals surface area contributed by atoms with E-state index in [-0.39, 0.29) is 11.8 Å². The highest BCUT2D eigenvalue weighted by atomic mass is 16.5. The first kappa shape index (κ1) is 21.4. The fraction of sp³-hybridized carbons (Fsp3) is 0.393. The van der Waals surface area contributed by atoms with Crippen LogP contribution in [0.15, 0.2) is 65.5 Å². The van der Waals surface area contributed by atoms with Gasteiger partial charge in [0.05, 0.1) is 18.6 Å². The van der Waals surface area contributed by atoms with Crippen LogP contribution in [0.4, 0.5) is 0 Å². The number of piperidine rings is 1. The summed E-state index contributed by atoms with van der Waals surface area (Å²) in [5, 5.41) is 9.84. The van der Waals surface area contributed by atoms with Crippen molar-refractivity contribution in [3.05, 3.63) is 83.3 Å². The molecule has 1 N–H and O–H groups in total. The number of carbonyl (C=O) groups is 1. The molecule has 6 rings (SSSR count). The third kappa shape index (κ3) is 4.01. The number of rotatable bonds is 4. The molecule has 0 aliphatic carbocycles. The average Bonchev–Trinajstić information content (AvgIpc) is 3.54. The van der Waals surface area contributed by atoms with Crippen LogP contribution in [-0.2, 0) is 6.54 Å². The zero-order valence-corrected chi connectivity index (χ0v) is 19.2. The molecule has 4 heterocycles. The number of para-hydroxylation sites is 1. The number of aliphatic hydroxyl groups is 1. The van der Waals surface area contributed by atoms with Crippen LogP contribution >= 0.6 is 0 Å². The highest BCUT2D eigenvalue weighted by molar-refractivity contribution is 5.95. The number of hydrogen-bond acceptors (Lipinski definition) is 5. The second kappa shape index (κ2) is 8.93. The van der Waals surface area contributed by atoms with Gasteiger partial charge in [0.1, 0.15) is 11.5 Å². The predicted molar refractivity (Wildman–Crippen MR) is 128 cm³/mol. The Hall–Kier alpha value is -3.09. The summed E-state index contributed by atoms with van der Waals surface area (Å²) in [5.74, 6) is 2.41. The zero-order valence-electron chi connectivity index (χ0n) is 19.2. The first-order valence-electron chi connectivity index (χ1n) is 12.3. The van der Waals surface area contributed by atoms with Gasteiger partial charge < -0.3 is 19.2 Å². The first-order valence-corrected chi connectivity index (χ1v) is 12.3. The van der Waals surface area contributed by atoms with E-state index in [0.29, 0.717) is 31.0 Å². The Labute approximate surface area is 199 Å². The Morgan fingerprint density at radius 1 is 0.971 bits per heavy atom. The molecule has 0 spiro atoms. The lowest BCUT2D eigenvalue weighted by Gasteiger charge is -2.39. The summed E-state index contributed by atoms with van der Waals surface area (Å²) in [7, 11) is 0. The van der Waals surface area contributed by atoms with Crippen LogP contribution in [0.2, 0.25) is 0 Å². The maximum atomic E-state index is 13.0. The second-order valence-corrected chi connectivity index (χ2v) is 9.81. The smallest absolute Gasteiger partial charge is 0.254 e. The molecule has 2 atom stereocenters. The summed E-state index contributed by atoms with van der Waals surface area (Å²) in [6.45, 7) is 4.04. The van der Waals surface area contributed by atoms with E-state index in [1.54, 1.807) is 11.2 Å². The van der Waals surface area contributed by atoms with Crippen molar-refractivity contribution in [3.8, 4) is 11.5 Å². The van der Waals surface area contributed by atoms with Crippen molar-refractivity contribution in [1.82, 2.24) is 9.80 Å². The second-order valence-electron chi connectivity index (χ2n) is 9.81. The van der Waals surface area contributed by atoms with Crippen LogP contribution in [0.5, 0.6) is 11.5 Å². The predicted octanol–water partition coefficient (Wildman–Crippen LogP) is 4.64. The van der Waals surface area contributed by atoms with E-state index in [0.717, 1.165) is 44.0 Å². The van der Waals surface area contributed by atoms with Crippen molar-refractivity contribution in [2.45, 2.75) is 37.8 Å². The molecule has 6 heteroatoms. The number of hydrogen-bond donors (Lipinski definition) is 1. The molecule has 2 unspecified atom stereocenters. The molecule has 0 bridgehead atoms. The van der Waals surface area contributed by atoms with Gasteiger partial charge >= 0.3 is 0 Å². The summed E-state index contributed by atoms with van der Waals surface area (Å²) in [6.07, 6.45) is 6.02. The van der Waals surface area contributed by atoms with E-state index in [9.17, 15) is 9.90 Å². The first-order chi connectivity index (χ1) is 16.7. The summed E-state index contributed by atoms with van der Waals surface area (Å²) in [5.41, 5.74) is 4.26. The Morgan fingerprint density at radius 3 is 2.56 bits per heavy atom. The quantitative estimate of drug-likeness (QED) is 0.617. The topological polar surface area (TPSA) is 66.2 Å². The molecule has 3 aliphatic heterocycles. The summed E-state index contributed by atoms with van der Waals surface area (Å²) in [4.78, 5) is 17.3. The maximum absolute atomic E-state index is 13.0. The van der Waals surface area contributed by atoms with Gasteiger partial charge in [0.15, 0.2) is 0 Å². The zero-order chi connectivity index (χ0) is 23.1. The lowest BCUT2D eigenvalue weighted by Crippen LogP contribution is -2.36. The Bertz CT molecular complexity index is 1170. The number of carbonyl (C=O) groups excluding carboxylic acids is 1. The molecule has 2 aromatic carbocycles. The van der Waals surface area contributed by atoms with Gasteiger partial charge in [-0.15, -0.1) is 0 Å². The van der Waals surface area contributed by atoms with Crippen LogP contribution in [0.1, 0.15) is 52.2 Å². The van der Waals surface area contributed by atoms with Gasteiger partial charge in [0.25, 0.3) is 5.91 Å². The molecule has 1 aromatic heterocycles. The number of benzene rings is 2. The van der Waals surface area contributed by atoms with Gasteiger partial charge in [-0.25, -0.2) is 0 Å². The van der Waals surface area contributed by atoms with Crippen molar-refractivity contribution in [2.75, 3.05) is 26.2 Å². The van der Waals surface area contributed by atoms with E-state index in [2.05, 4.69) is 23.1 Å². The summed E-state index contributed by atoms with van der Waals surface area (Å²) >= 11 is 0. The van der Waals surface area contributed by atoms with E-state index < -0.39 is 6.10 Å². The Morgan fingerprint density at radius 2 is 1.79 bits per heavy atom. The van der Waals surface area contributed by atoms with Gasteiger partial charge in [-0.05, 0) is 62.5 Å². The molecule has 34 heavy (non-hydrogen) atoms. The fourth-order valence-electron chi connectivity index (χ4n) is 5.83. The van der Waals surface area contributed by atoms with Gasteiger partial charge in [-0.1, -0.05) is 24.3 Å². The minimum atomic E-state index is -0.423. The molecular weight excluding hydrogens is 428 g/mol. The van der Waals surface area contributed by atoms with Crippen LogP contribution in [0.25, 0.3) is 0 Å². The van der Waals surface area contributed by atoms with Gasteiger partial charge in [-0.3, -0.25) is 9.69 Å². The van der Waals surface area contributed by atoms with Gasteiger partial charge in [0.2, 0.25) is 0 Å². The molecule has 1 amide bonds. The van der Waals surface area contributed by atoms with Crippen molar-refractivity contribution in [2.24, 2.45) is 5.92 Å². The standard InChI is InChI=1S/C28H30N2O4/c31-22-9-13-30(17-22)28(32)21-5-6-24-26(15-21)34-25-4-2-1-3-23(25)27(24)20-7-11-29(12-8-20)16-19-10-14-33-18-19/h1-6,10,14-15,18,20,22,27,31H,7-9,11-13,16-17H2. The highest BCUT2D eigenvalue weighted by Gasteiger charge is 2.36. The lowest BCUT2D eigenvalue weighted by molar-refractivity contribution is 0.0764. The number of fused-ring (bicyclic) bond motifs is 2. The summed E-state index contributed by atoms with van der Waals surface area (Å²) in [6, 6.07) is 16.3. The number of furan rings is 1. The van der Waals surface area contributed by atoms with Crippen LogP contribution in [-0.4, -0.2) is 53.1 Å². The van der Waals surface area contributed by atoms with Crippen molar-refractivity contribution in [3.63, 3.8) is 0 Å². The monoisotopic (exact) mass is 458 g/mol.